The minimum absolute atomic E-state index is 0.0427. The number of nitrogens with zero attached hydrogens (tertiary/aromatic N) is 2. The zero-order valence-corrected chi connectivity index (χ0v) is 15.0. The van der Waals surface area contributed by atoms with Gasteiger partial charge in [-0.15, -0.1) is 0 Å². The molecule has 0 aliphatic carbocycles. The highest BCUT2D eigenvalue weighted by Crippen LogP contribution is 2.22. The first kappa shape index (κ1) is 18.3. The summed E-state index contributed by atoms with van der Waals surface area (Å²) in [6.07, 6.45) is 4.25. The molecule has 7 nitrogen and oxygen atoms in total. The van der Waals surface area contributed by atoms with E-state index in [1.807, 2.05) is 36.4 Å². The van der Waals surface area contributed by atoms with Crippen LogP contribution < -0.4 is 0 Å². The molecule has 0 unspecified atom stereocenters. The van der Waals surface area contributed by atoms with Crippen molar-refractivity contribution in [3.05, 3.63) is 42.0 Å². The van der Waals surface area contributed by atoms with Crippen molar-refractivity contribution in [2.75, 3.05) is 18.1 Å². The molecule has 3 rings (SSSR count). The molecule has 26 heavy (non-hydrogen) atoms. The van der Waals surface area contributed by atoms with Gasteiger partial charge in [0.25, 0.3) is 0 Å². The van der Waals surface area contributed by atoms with E-state index in [1.165, 1.54) is 0 Å². The zero-order chi connectivity index (χ0) is 18.6. The lowest BCUT2D eigenvalue weighted by molar-refractivity contribution is -0.136. The van der Waals surface area contributed by atoms with Crippen LogP contribution in [0, 0.1) is 0 Å². The molecule has 0 bridgehead atoms. The number of benzene rings is 1. The molecule has 1 saturated heterocycles. The van der Waals surface area contributed by atoms with Crippen molar-refractivity contribution in [1.82, 2.24) is 5.01 Å². The standard InChI is InChI=1S/C18H20N2O5S/c21-17-9-8-16(19-20(17)15-10-12-26(23,24)13-15)18(22)25-11-4-7-14-5-2-1-3-6-14/h1-7,15H,8-13H2/b7-4+/t15-/m0/s1. The van der Waals surface area contributed by atoms with Gasteiger partial charge in [0.15, 0.2) is 9.84 Å². The summed E-state index contributed by atoms with van der Waals surface area (Å²) < 4.78 is 28.4. The summed E-state index contributed by atoms with van der Waals surface area (Å²) in [6.45, 7) is 0.0957. The minimum Gasteiger partial charge on any atom is -0.457 e. The van der Waals surface area contributed by atoms with E-state index in [0.717, 1.165) is 10.6 Å². The SMILES string of the molecule is O=C(OC/C=C/c1ccccc1)C1=NN([C@H]2CCS(=O)(=O)C2)C(=O)CC1. The van der Waals surface area contributed by atoms with Gasteiger partial charge < -0.3 is 4.74 Å². The van der Waals surface area contributed by atoms with Gasteiger partial charge in [0, 0.05) is 12.8 Å². The number of rotatable bonds is 5. The Bertz CT molecular complexity index is 846. The quantitative estimate of drug-likeness (QED) is 0.725. The number of ether oxygens (including phenoxy) is 1. The van der Waals surface area contributed by atoms with E-state index < -0.39 is 21.8 Å². The Kier molecular flexibility index (Phi) is 5.51. The van der Waals surface area contributed by atoms with Crippen molar-refractivity contribution in [3.8, 4) is 0 Å². The Morgan fingerprint density at radius 3 is 2.73 bits per heavy atom. The summed E-state index contributed by atoms with van der Waals surface area (Å²) in [6, 6.07) is 9.12. The highest BCUT2D eigenvalue weighted by molar-refractivity contribution is 7.91. The summed E-state index contributed by atoms with van der Waals surface area (Å²) in [5, 5.41) is 5.24. The summed E-state index contributed by atoms with van der Waals surface area (Å²) in [5.74, 6) is -0.903. The van der Waals surface area contributed by atoms with Gasteiger partial charge in [-0.05, 0) is 18.1 Å². The first-order valence-electron chi connectivity index (χ1n) is 8.43. The van der Waals surface area contributed by atoms with E-state index in [4.69, 9.17) is 4.74 Å². The maximum Gasteiger partial charge on any atom is 0.354 e. The lowest BCUT2D eigenvalue weighted by Crippen LogP contribution is -2.42. The number of carbonyl (C=O) groups excluding carboxylic acids is 2. The first-order valence-corrected chi connectivity index (χ1v) is 10.3. The van der Waals surface area contributed by atoms with E-state index in [0.29, 0.717) is 6.42 Å². The predicted octanol–water partition coefficient (Wildman–Crippen LogP) is 1.41. The van der Waals surface area contributed by atoms with E-state index in [1.54, 1.807) is 6.08 Å². The number of hydrazone groups is 1. The van der Waals surface area contributed by atoms with Crippen LogP contribution in [0.25, 0.3) is 6.08 Å². The second kappa shape index (κ2) is 7.82. The van der Waals surface area contributed by atoms with Crippen LogP contribution in [0.2, 0.25) is 0 Å². The molecule has 0 aromatic heterocycles. The molecule has 0 radical (unpaired) electrons. The normalized spacial score (nSPS) is 22.5. The third-order valence-corrected chi connectivity index (χ3v) is 6.02. The lowest BCUT2D eigenvalue weighted by Gasteiger charge is -2.27. The largest absolute Gasteiger partial charge is 0.457 e. The fraction of sp³-hybridized carbons (Fsp3) is 0.389. The molecule has 138 valence electrons. The van der Waals surface area contributed by atoms with E-state index in [2.05, 4.69) is 5.10 Å². The molecule has 1 aromatic rings. The highest BCUT2D eigenvalue weighted by atomic mass is 32.2. The van der Waals surface area contributed by atoms with Crippen molar-refractivity contribution < 1.29 is 22.7 Å². The topological polar surface area (TPSA) is 93.1 Å². The highest BCUT2D eigenvalue weighted by Gasteiger charge is 2.37. The average Bonchev–Trinajstić information content (AvgIpc) is 2.99. The van der Waals surface area contributed by atoms with Gasteiger partial charge in [-0.3, -0.25) is 4.79 Å². The molecule has 1 fully saturated rings. The van der Waals surface area contributed by atoms with Crippen molar-refractivity contribution in [3.63, 3.8) is 0 Å². The van der Waals surface area contributed by atoms with Crippen molar-refractivity contribution in [1.29, 1.82) is 0 Å². The van der Waals surface area contributed by atoms with E-state index in [9.17, 15) is 18.0 Å². The molecule has 1 aromatic carbocycles. The summed E-state index contributed by atoms with van der Waals surface area (Å²) in [4.78, 5) is 24.2. The van der Waals surface area contributed by atoms with Crippen LogP contribution in [0.3, 0.4) is 0 Å². The molecule has 0 spiro atoms. The van der Waals surface area contributed by atoms with Crippen LogP contribution in [-0.4, -0.2) is 55.2 Å². The van der Waals surface area contributed by atoms with Crippen molar-refractivity contribution >= 4 is 33.5 Å². The van der Waals surface area contributed by atoms with Crippen LogP contribution in [0.4, 0.5) is 0 Å². The van der Waals surface area contributed by atoms with Crippen LogP contribution >= 0.6 is 0 Å². The van der Waals surface area contributed by atoms with Crippen LogP contribution in [0.1, 0.15) is 24.8 Å². The predicted molar refractivity (Wildman–Crippen MR) is 97.0 cm³/mol. The molecule has 2 aliphatic heterocycles. The van der Waals surface area contributed by atoms with Gasteiger partial charge in [0.05, 0.1) is 17.5 Å². The third kappa shape index (κ3) is 4.57. The van der Waals surface area contributed by atoms with E-state index in [-0.39, 0.29) is 42.6 Å². The number of sulfone groups is 1. The van der Waals surface area contributed by atoms with Crippen molar-refractivity contribution in [2.45, 2.75) is 25.3 Å². The molecule has 8 heteroatoms. The third-order valence-electron chi connectivity index (χ3n) is 4.27. The van der Waals surface area contributed by atoms with Gasteiger partial charge >= 0.3 is 5.97 Å². The maximum atomic E-state index is 12.2. The number of carbonyl (C=O) groups is 2. The Balaban J connectivity index is 1.59. The zero-order valence-electron chi connectivity index (χ0n) is 14.2. The second-order valence-corrected chi connectivity index (χ2v) is 8.48. The average molecular weight is 376 g/mol. The molecule has 0 saturated carbocycles. The van der Waals surface area contributed by atoms with Crippen LogP contribution in [0.15, 0.2) is 41.5 Å². The Labute approximate surface area is 152 Å². The molecular weight excluding hydrogens is 356 g/mol. The number of hydrogen-bond acceptors (Lipinski definition) is 6. The molecule has 0 N–H and O–H groups in total. The van der Waals surface area contributed by atoms with Crippen LogP contribution in [0.5, 0.6) is 0 Å². The number of hydrogen-bond donors (Lipinski definition) is 0. The fourth-order valence-corrected chi connectivity index (χ4v) is 4.62. The summed E-state index contributed by atoms with van der Waals surface area (Å²) in [5.41, 5.74) is 1.15. The van der Waals surface area contributed by atoms with Gasteiger partial charge in [0.1, 0.15) is 12.3 Å². The smallest absolute Gasteiger partial charge is 0.354 e. The van der Waals surface area contributed by atoms with Gasteiger partial charge in [-0.1, -0.05) is 36.4 Å². The van der Waals surface area contributed by atoms with Gasteiger partial charge in [-0.25, -0.2) is 18.2 Å². The summed E-state index contributed by atoms with van der Waals surface area (Å²) in [7, 11) is -3.14. The Morgan fingerprint density at radius 2 is 2.04 bits per heavy atom. The molecule has 1 amide bonds. The molecule has 1 atom stereocenters. The Morgan fingerprint density at radius 1 is 1.27 bits per heavy atom. The van der Waals surface area contributed by atoms with Gasteiger partial charge in [-0.2, -0.15) is 5.10 Å². The Hall–Kier alpha value is -2.48. The van der Waals surface area contributed by atoms with Crippen LogP contribution in [-0.2, 0) is 24.2 Å². The van der Waals surface area contributed by atoms with E-state index >= 15 is 0 Å². The summed E-state index contributed by atoms with van der Waals surface area (Å²) >= 11 is 0. The molecule has 2 heterocycles. The second-order valence-electron chi connectivity index (χ2n) is 6.25. The number of esters is 1. The fourth-order valence-electron chi connectivity index (χ4n) is 2.93. The first-order chi connectivity index (χ1) is 12.4. The lowest BCUT2D eigenvalue weighted by atomic mass is 10.1. The number of amides is 1. The minimum atomic E-state index is -3.14. The monoisotopic (exact) mass is 376 g/mol. The molecular formula is C18H20N2O5S. The molecule has 2 aliphatic rings. The van der Waals surface area contributed by atoms with Crippen molar-refractivity contribution in [2.24, 2.45) is 5.10 Å². The van der Waals surface area contributed by atoms with Gasteiger partial charge in [0.2, 0.25) is 5.91 Å². The maximum absolute atomic E-state index is 12.2.